The molecule has 0 bridgehead atoms. The predicted molar refractivity (Wildman–Crippen MR) is 75.4 cm³/mol. The third-order valence-corrected chi connectivity index (χ3v) is 3.93. The Labute approximate surface area is 120 Å². The lowest BCUT2D eigenvalue weighted by Crippen LogP contribution is -2.48. The van der Waals surface area contributed by atoms with Crippen LogP contribution in [0, 0.1) is 0 Å². The minimum Gasteiger partial charge on any atom is -0.480 e. The molecule has 108 valence electrons. The van der Waals surface area contributed by atoms with Gasteiger partial charge in [-0.1, -0.05) is 24.6 Å². The molecule has 1 unspecified atom stereocenters. The Morgan fingerprint density at radius 1 is 1.60 bits per heavy atom. The lowest BCUT2D eigenvalue weighted by Gasteiger charge is -2.24. The van der Waals surface area contributed by atoms with Crippen molar-refractivity contribution in [1.82, 2.24) is 15.5 Å². The second-order valence-electron chi connectivity index (χ2n) is 4.73. The highest BCUT2D eigenvalue weighted by molar-refractivity contribution is 7.13. The standard InChI is InChI=1S/C13H17N3O3S/c1-3-6-13(2,12(17)18)14-8-10-15-11(16-19-10)9-5-4-7-20-9/h4-5,7,14H,3,6,8H2,1-2H3,(H,17,18). The molecule has 0 spiro atoms. The van der Waals surface area contributed by atoms with Gasteiger partial charge in [-0.2, -0.15) is 4.98 Å². The van der Waals surface area contributed by atoms with Crippen molar-refractivity contribution >= 4 is 17.3 Å². The van der Waals surface area contributed by atoms with Crippen molar-refractivity contribution in [2.75, 3.05) is 0 Å². The predicted octanol–water partition coefficient (Wildman–Crippen LogP) is 2.53. The van der Waals surface area contributed by atoms with Crippen LogP contribution in [0.25, 0.3) is 10.7 Å². The van der Waals surface area contributed by atoms with Crippen molar-refractivity contribution in [2.24, 2.45) is 0 Å². The molecular weight excluding hydrogens is 278 g/mol. The fourth-order valence-electron chi connectivity index (χ4n) is 1.87. The summed E-state index contributed by atoms with van der Waals surface area (Å²) in [5, 5.41) is 18.1. The Morgan fingerprint density at radius 3 is 3.00 bits per heavy atom. The van der Waals surface area contributed by atoms with Gasteiger partial charge in [-0.15, -0.1) is 11.3 Å². The van der Waals surface area contributed by atoms with Crippen LogP contribution in [0.15, 0.2) is 22.0 Å². The minimum absolute atomic E-state index is 0.237. The number of rotatable bonds is 7. The van der Waals surface area contributed by atoms with E-state index in [1.165, 1.54) is 11.3 Å². The van der Waals surface area contributed by atoms with E-state index in [2.05, 4.69) is 15.5 Å². The summed E-state index contributed by atoms with van der Waals surface area (Å²) in [7, 11) is 0. The molecule has 0 aromatic carbocycles. The SMILES string of the molecule is CCCC(C)(NCc1nc(-c2cccs2)no1)C(=O)O. The van der Waals surface area contributed by atoms with Crippen LogP contribution in [0.5, 0.6) is 0 Å². The van der Waals surface area contributed by atoms with Crippen LogP contribution in [0.1, 0.15) is 32.6 Å². The minimum atomic E-state index is -0.980. The van der Waals surface area contributed by atoms with E-state index in [0.29, 0.717) is 18.1 Å². The van der Waals surface area contributed by atoms with E-state index in [0.717, 1.165) is 11.3 Å². The number of carboxylic acid groups (broad SMARTS) is 1. The number of aromatic nitrogens is 2. The highest BCUT2D eigenvalue weighted by Crippen LogP contribution is 2.21. The van der Waals surface area contributed by atoms with Crippen LogP contribution in [-0.2, 0) is 11.3 Å². The van der Waals surface area contributed by atoms with Crippen LogP contribution in [-0.4, -0.2) is 26.8 Å². The average Bonchev–Trinajstić information content (AvgIpc) is 3.07. The first-order valence-corrected chi connectivity index (χ1v) is 7.28. The van der Waals surface area contributed by atoms with Crippen molar-refractivity contribution in [3.05, 3.63) is 23.4 Å². The van der Waals surface area contributed by atoms with Crippen molar-refractivity contribution in [2.45, 2.75) is 38.8 Å². The van der Waals surface area contributed by atoms with E-state index < -0.39 is 11.5 Å². The maximum atomic E-state index is 11.3. The van der Waals surface area contributed by atoms with Gasteiger partial charge in [0.25, 0.3) is 0 Å². The summed E-state index contributed by atoms with van der Waals surface area (Å²) in [5.41, 5.74) is -0.980. The Morgan fingerprint density at radius 2 is 2.40 bits per heavy atom. The number of thiophene rings is 1. The molecule has 0 amide bonds. The van der Waals surface area contributed by atoms with Crippen molar-refractivity contribution < 1.29 is 14.4 Å². The normalized spacial score (nSPS) is 14.1. The number of hydrogen-bond acceptors (Lipinski definition) is 6. The van der Waals surface area contributed by atoms with Crippen molar-refractivity contribution in [3.63, 3.8) is 0 Å². The Balaban J connectivity index is 2.02. The van der Waals surface area contributed by atoms with Gasteiger partial charge in [0.2, 0.25) is 11.7 Å². The first-order valence-electron chi connectivity index (χ1n) is 6.40. The summed E-state index contributed by atoms with van der Waals surface area (Å²) in [6.07, 6.45) is 1.31. The fraction of sp³-hybridized carbons (Fsp3) is 0.462. The second kappa shape index (κ2) is 6.15. The molecule has 0 saturated carbocycles. The summed E-state index contributed by atoms with van der Waals surface area (Å²) in [4.78, 5) is 16.5. The smallest absolute Gasteiger partial charge is 0.323 e. The largest absolute Gasteiger partial charge is 0.480 e. The Kier molecular flexibility index (Phi) is 4.51. The molecule has 0 fully saturated rings. The quantitative estimate of drug-likeness (QED) is 0.816. The molecular formula is C13H17N3O3S. The van der Waals surface area contributed by atoms with E-state index in [1.54, 1.807) is 6.92 Å². The molecule has 0 aliphatic rings. The zero-order chi connectivity index (χ0) is 14.6. The lowest BCUT2D eigenvalue weighted by molar-refractivity contribution is -0.144. The number of nitrogens with one attached hydrogen (secondary N) is 1. The maximum absolute atomic E-state index is 11.3. The summed E-state index contributed by atoms with van der Waals surface area (Å²) in [6.45, 7) is 3.85. The third-order valence-electron chi connectivity index (χ3n) is 3.06. The molecule has 2 aromatic rings. The summed E-state index contributed by atoms with van der Waals surface area (Å²) in [6, 6.07) is 3.82. The van der Waals surface area contributed by atoms with Gasteiger partial charge < -0.3 is 9.63 Å². The van der Waals surface area contributed by atoms with Gasteiger partial charge >= 0.3 is 5.97 Å². The van der Waals surface area contributed by atoms with Gasteiger partial charge in [0.1, 0.15) is 5.54 Å². The van der Waals surface area contributed by atoms with Gasteiger partial charge in [-0.05, 0) is 24.8 Å². The topological polar surface area (TPSA) is 88.3 Å². The molecule has 2 heterocycles. The van der Waals surface area contributed by atoms with E-state index >= 15 is 0 Å². The van der Waals surface area contributed by atoms with Crippen LogP contribution in [0.4, 0.5) is 0 Å². The Bertz CT molecular complexity index is 567. The number of aliphatic carboxylic acids is 1. The first kappa shape index (κ1) is 14.7. The summed E-state index contributed by atoms with van der Waals surface area (Å²) in [5.74, 6) is 0.0404. The van der Waals surface area contributed by atoms with Crippen LogP contribution in [0.2, 0.25) is 0 Å². The molecule has 0 aliphatic carbocycles. The highest BCUT2D eigenvalue weighted by Gasteiger charge is 2.31. The monoisotopic (exact) mass is 295 g/mol. The number of nitrogens with zero attached hydrogens (tertiary/aromatic N) is 2. The first-order chi connectivity index (χ1) is 9.55. The van der Waals surface area contributed by atoms with Gasteiger partial charge in [-0.3, -0.25) is 10.1 Å². The molecule has 1 atom stereocenters. The molecule has 2 N–H and O–H groups in total. The molecule has 0 saturated heterocycles. The van der Waals surface area contributed by atoms with Crippen molar-refractivity contribution in [3.8, 4) is 10.7 Å². The van der Waals surface area contributed by atoms with Gasteiger partial charge in [-0.25, -0.2) is 0 Å². The molecule has 7 heteroatoms. The van der Waals surface area contributed by atoms with Gasteiger partial charge in [0.15, 0.2) is 0 Å². The van der Waals surface area contributed by atoms with Crippen molar-refractivity contribution in [1.29, 1.82) is 0 Å². The van der Waals surface area contributed by atoms with Crippen LogP contribution >= 0.6 is 11.3 Å². The second-order valence-corrected chi connectivity index (χ2v) is 5.68. The third kappa shape index (κ3) is 3.23. The van der Waals surface area contributed by atoms with Gasteiger partial charge in [0, 0.05) is 0 Å². The van der Waals surface area contributed by atoms with E-state index in [1.807, 2.05) is 24.4 Å². The molecule has 2 rings (SSSR count). The average molecular weight is 295 g/mol. The lowest BCUT2D eigenvalue weighted by atomic mass is 9.96. The van der Waals surface area contributed by atoms with E-state index in [4.69, 9.17) is 4.52 Å². The van der Waals surface area contributed by atoms with E-state index in [-0.39, 0.29) is 6.54 Å². The van der Waals surface area contributed by atoms with Crippen LogP contribution in [0.3, 0.4) is 0 Å². The molecule has 0 aliphatic heterocycles. The summed E-state index contributed by atoms with van der Waals surface area (Å²) < 4.78 is 5.13. The Hall–Kier alpha value is -1.73. The van der Waals surface area contributed by atoms with E-state index in [9.17, 15) is 9.90 Å². The molecule has 0 radical (unpaired) electrons. The highest BCUT2D eigenvalue weighted by atomic mass is 32.1. The zero-order valence-corrected chi connectivity index (χ0v) is 12.2. The van der Waals surface area contributed by atoms with Crippen LogP contribution < -0.4 is 5.32 Å². The maximum Gasteiger partial charge on any atom is 0.323 e. The summed E-state index contributed by atoms with van der Waals surface area (Å²) >= 11 is 1.53. The number of hydrogen-bond donors (Lipinski definition) is 2. The number of carbonyl (C=O) groups is 1. The zero-order valence-electron chi connectivity index (χ0n) is 11.4. The fourth-order valence-corrected chi connectivity index (χ4v) is 2.52. The molecule has 6 nitrogen and oxygen atoms in total. The number of carboxylic acids is 1. The molecule has 20 heavy (non-hydrogen) atoms. The molecule has 2 aromatic heterocycles. The van der Waals surface area contributed by atoms with Gasteiger partial charge in [0.05, 0.1) is 11.4 Å².